The van der Waals surface area contributed by atoms with Crippen LogP contribution in [0.25, 0.3) is 0 Å². The van der Waals surface area contributed by atoms with E-state index in [-0.39, 0.29) is 0 Å². The van der Waals surface area contributed by atoms with Crippen molar-refractivity contribution in [1.29, 1.82) is 0 Å². The van der Waals surface area contributed by atoms with E-state index in [0.717, 1.165) is 18.8 Å². The Morgan fingerprint density at radius 2 is 2.06 bits per heavy atom. The lowest BCUT2D eigenvalue weighted by Crippen LogP contribution is -2.23. The highest BCUT2D eigenvalue weighted by Crippen LogP contribution is 2.07. The van der Waals surface area contributed by atoms with E-state index < -0.39 is 0 Å². The maximum absolute atomic E-state index is 5.55. The minimum absolute atomic E-state index is 0.469. The van der Waals surface area contributed by atoms with Crippen LogP contribution in [0.4, 0.5) is 0 Å². The second kappa shape index (κ2) is 9.03. The molecular weight excluding hydrogens is 228 g/mol. The van der Waals surface area contributed by atoms with Crippen molar-refractivity contribution < 1.29 is 9.47 Å². The van der Waals surface area contributed by atoms with Crippen molar-refractivity contribution in [3.05, 3.63) is 29.6 Å². The monoisotopic (exact) mass is 252 g/mol. The summed E-state index contributed by atoms with van der Waals surface area (Å²) in [6.45, 7) is 9.61. The molecule has 0 amide bonds. The first-order chi connectivity index (χ1) is 8.74. The summed E-state index contributed by atoms with van der Waals surface area (Å²) < 4.78 is 10.8. The predicted molar refractivity (Wildman–Crippen MR) is 72.4 cm³/mol. The van der Waals surface area contributed by atoms with Gasteiger partial charge in [-0.2, -0.15) is 0 Å². The number of hydrogen-bond donors (Lipinski definition) is 1. The molecule has 1 heterocycles. The highest BCUT2D eigenvalue weighted by atomic mass is 16.5. The first-order valence-corrected chi connectivity index (χ1v) is 6.55. The Labute approximate surface area is 110 Å². The summed E-state index contributed by atoms with van der Waals surface area (Å²) in [5.74, 6) is 0. The summed E-state index contributed by atoms with van der Waals surface area (Å²) in [4.78, 5) is 4.37. The van der Waals surface area contributed by atoms with Crippen molar-refractivity contribution in [2.24, 2.45) is 0 Å². The number of hydrogen-bond acceptors (Lipinski definition) is 4. The normalized spacial score (nSPS) is 11.1. The van der Waals surface area contributed by atoms with Crippen molar-refractivity contribution in [1.82, 2.24) is 10.3 Å². The van der Waals surface area contributed by atoms with E-state index in [9.17, 15) is 0 Å². The Hall–Kier alpha value is -0.970. The Kier molecular flexibility index (Phi) is 7.57. The highest BCUT2D eigenvalue weighted by Gasteiger charge is 2.04. The molecule has 0 aliphatic carbocycles. The highest BCUT2D eigenvalue weighted by molar-refractivity contribution is 5.18. The molecule has 0 fully saturated rings. The quantitative estimate of drug-likeness (QED) is 0.684. The molecule has 18 heavy (non-hydrogen) atoms. The summed E-state index contributed by atoms with van der Waals surface area (Å²) in [5, 5.41) is 3.39. The fraction of sp³-hybridized carbons (Fsp3) is 0.643. The van der Waals surface area contributed by atoms with Crippen LogP contribution in [0.15, 0.2) is 18.3 Å². The van der Waals surface area contributed by atoms with Crippen molar-refractivity contribution in [2.75, 3.05) is 19.8 Å². The van der Waals surface area contributed by atoms with Gasteiger partial charge in [0.25, 0.3) is 0 Å². The average molecular weight is 252 g/mol. The third-order valence-electron chi connectivity index (χ3n) is 2.50. The molecule has 1 rings (SSSR count). The number of aromatic nitrogens is 1. The number of ether oxygens (including phenoxy) is 2. The molecule has 0 saturated carbocycles. The van der Waals surface area contributed by atoms with Crippen molar-refractivity contribution in [3.63, 3.8) is 0 Å². The van der Waals surface area contributed by atoms with Crippen LogP contribution in [0, 0.1) is 0 Å². The molecule has 4 nitrogen and oxygen atoms in total. The molecule has 4 heteroatoms. The van der Waals surface area contributed by atoms with Crippen LogP contribution in [0.5, 0.6) is 0 Å². The van der Waals surface area contributed by atoms with E-state index in [1.54, 1.807) is 6.20 Å². The fourth-order valence-electron chi connectivity index (χ4n) is 1.51. The van der Waals surface area contributed by atoms with Gasteiger partial charge in [-0.3, -0.25) is 4.98 Å². The zero-order chi connectivity index (χ0) is 13.2. The Bertz CT molecular complexity index is 329. The van der Waals surface area contributed by atoms with Gasteiger partial charge in [-0.05, 0) is 18.6 Å². The van der Waals surface area contributed by atoms with Crippen LogP contribution in [-0.2, 0) is 22.6 Å². The van der Waals surface area contributed by atoms with E-state index in [2.05, 4.69) is 30.2 Å². The molecule has 0 unspecified atom stereocenters. The summed E-state index contributed by atoms with van der Waals surface area (Å²) in [7, 11) is 0. The van der Waals surface area contributed by atoms with Crippen LogP contribution >= 0.6 is 0 Å². The summed E-state index contributed by atoms with van der Waals surface area (Å²) in [5.41, 5.74) is 2.20. The molecule has 0 spiro atoms. The van der Waals surface area contributed by atoms with E-state index in [1.165, 1.54) is 5.56 Å². The van der Waals surface area contributed by atoms with Gasteiger partial charge in [0.05, 0.1) is 25.5 Å². The molecule has 1 aromatic rings. The average Bonchev–Trinajstić information content (AvgIpc) is 2.37. The van der Waals surface area contributed by atoms with Crippen molar-refractivity contribution in [3.8, 4) is 0 Å². The molecular formula is C14H24N2O2. The third-order valence-corrected chi connectivity index (χ3v) is 2.50. The summed E-state index contributed by atoms with van der Waals surface area (Å²) >= 11 is 0. The molecule has 0 aromatic carbocycles. The second-order valence-corrected chi connectivity index (χ2v) is 4.39. The molecule has 0 atom stereocenters. The Morgan fingerprint density at radius 3 is 2.78 bits per heavy atom. The van der Waals surface area contributed by atoms with Gasteiger partial charge in [-0.1, -0.05) is 19.9 Å². The topological polar surface area (TPSA) is 43.4 Å². The lowest BCUT2D eigenvalue weighted by Gasteiger charge is -2.12. The van der Waals surface area contributed by atoms with Gasteiger partial charge in [0.2, 0.25) is 0 Å². The molecule has 1 aromatic heterocycles. The van der Waals surface area contributed by atoms with Gasteiger partial charge >= 0.3 is 0 Å². The predicted octanol–water partition coefficient (Wildman–Crippen LogP) is 2.13. The molecule has 0 aliphatic heterocycles. The van der Waals surface area contributed by atoms with Gasteiger partial charge in [0.15, 0.2) is 0 Å². The standard InChI is InChI=1S/C14H24N2O2/c1-4-17-8-9-18-11-14-13(6-5-7-15-14)10-16-12(2)3/h5-7,12,16H,4,8-11H2,1-3H3. The first-order valence-electron chi connectivity index (χ1n) is 6.55. The van der Waals surface area contributed by atoms with Gasteiger partial charge in [0, 0.05) is 25.4 Å². The summed E-state index contributed by atoms with van der Waals surface area (Å²) in [6.07, 6.45) is 1.81. The van der Waals surface area contributed by atoms with E-state index in [4.69, 9.17) is 9.47 Å². The number of nitrogens with zero attached hydrogens (tertiary/aromatic N) is 1. The molecule has 102 valence electrons. The van der Waals surface area contributed by atoms with Crippen LogP contribution < -0.4 is 5.32 Å². The zero-order valence-electron chi connectivity index (χ0n) is 11.6. The minimum atomic E-state index is 0.469. The van der Waals surface area contributed by atoms with Crippen LogP contribution in [0.1, 0.15) is 32.0 Å². The van der Waals surface area contributed by atoms with Crippen LogP contribution in [-0.4, -0.2) is 30.8 Å². The van der Waals surface area contributed by atoms with Gasteiger partial charge in [-0.15, -0.1) is 0 Å². The number of pyridine rings is 1. The zero-order valence-corrected chi connectivity index (χ0v) is 11.6. The smallest absolute Gasteiger partial charge is 0.0892 e. The molecule has 1 N–H and O–H groups in total. The van der Waals surface area contributed by atoms with Gasteiger partial charge < -0.3 is 14.8 Å². The van der Waals surface area contributed by atoms with Gasteiger partial charge in [0.1, 0.15) is 0 Å². The van der Waals surface area contributed by atoms with Gasteiger partial charge in [-0.25, -0.2) is 0 Å². The molecule has 0 radical (unpaired) electrons. The maximum Gasteiger partial charge on any atom is 0.0892 e. The molecule has 0 aliphatic rings. The minimum Gasteiger partial charge on any atom is -0.379 e. The van der Waals surface area contributed by atoms with Crippen LogP contribution in [0.2, 0.25) is 0 Å². The molecule has 0 bridgehead atoms. The maximum atomic E-state index is 5.55. The SMILES string of the molecule is CCOCCOCc1ncccc1CNC(C)C. The number of rotatable bonds is 9. The lowest BCUT2D eigenvalue weighted by atomic mass is 10.2. The first kappa shape index (κ1) is 15.1. The lowest BCUT2D eigenvalue weighted by molar-refractivity contribution is 0.0438. The van der Waals surface area contributed by atoms with E-state index >= 15 is 0 Å². The van der Waals surface area contributed by atoms with Crippen molar-refractivity contribution >= 4 is 0 Å². The number of nitrogens with one attached hydrogen (secondary N) is 1. The Morgan fingerprint density at radius 1 is 1.28 bits per heavy atom. The van der Waals surface area contributed by atoms with E-state index in [0.29, 0.717) is 25.9 Å². The van der Waals surface area contributed by atoms with Crippen molar-refractivity contribution in [2.45, 2.75) is 40.0 Å². The van der Waals surface area contributed by atoms with E-state index in [1.807, 2.05) is 13.0 Å². The second-order valence-electron chi connectivity index (χ2n) is 4.39. The fourth-order valence-corrected chi connectivity index (χ4v) is 1.51. The Balaban J connectivity index is 2.38. The third kappa shape index (κ3) is 6.10. The van der Waals surface area contributed by atoms with Crippen LogP contribution in [0.3, 0.4) is 0 Å². The summed E-state index contributed by atoms with van der Waals surface area (Å²) in [6, 6.07) is 4.52. The molecule has 0 saturated heterocycles. The largest absolute Gasteiger partial charge is 0.379 e.